The summed E-state index contributed by atoms with van der Waals surface area (Å²) in [6.45, 7) is 3.16. The van der Waals surface area contributed by atoms with Crippen molar-refractivity contribution in [2.45, 2.75) is 38.7 Å². The van der Waals surface area contributed by atoms with Gasteiger partial charge in [-0.15, -0.1) is 11.6 Å². The van der Waals surface area contributed by atoms with E-state index in [4.69, 9.17) is 11.6 Å². The third kappa shape index (κ3) is 7.04. The molecule has 0 aliphatic heterocycles. The van der Waals surface area contributed by atoms with Crippen LogP contribution in [0.1, 0.15) is 20.3 Å². The van der Waals surface area contributed by atoms with E-state index in [1.165, 1.54) is 0 Å². The smallest absolute Gasteiger partial charge is 0.463 e. The second-order valence-electron chi connectivity index (χ2n) is 3.42. The number of halogens is 4. The van der Waals surface area contributed by atoms with Crippen molar-refractivity contribution in [3.8, 4) is 0 Å². The molecule has 0 aromatic heterocycles. The molecule has 0 aliphatic carbocycles. The normalized spacial score (nSPS) is 13.4. The fourth-order valence-electron chi connectivity index (χ4n) is 0.843. The Morgan fingerprint density at radius 2 is 1.76 bits per heavy atom. The van der Waals surface area contributed by atoms with Gasteiger partial charge in [0.25, 0.3) is 0 Å². The average molecular weight is 277 g/mol. The number of rotatable bonds is 5. The van der Waals surface area contributed by atoms with Crippen LogP contribution in [0.15, 0.2) is 0 Å². The molecule has 0 aromatic rings. The minimum absolute atomic E-state index is 0.406. The lowest BCUT2D eigenvalue weighted by Gasteiger charge is -2.16. The maximum absolute atomic E-state index is 11.9. The zero-order valence-electron chi connectivity index (χ0n) is 9.21. The third-order valence-electron chi connectivity index (χ3n) is 1.44. The SMILES string of the molecule is CC(C)OC(=O)CC(CCl)OC(=O)C(F)(F)F. The molecule has 0 rings (SSSR count). The quantitative estimate of drug-likeness (QED) is 0.570. The summed E-state index contributed by atoms with van der Waals surface area (Å²) in [5.74, 6) is -3.57. The zero-order valence-corrected chi connectivity index (χ0v) is 9.97. The molecule has 8 heteroatoms. The number of hydrogen-bond acceptors (Lipinski definition) is 4. The first-order valence-corrected chi connectivity index (χ1v) is 5.23. The van der Waals surface area contributed by atoms with Crippen LogP contribution in [0.4, 0.5) is 13.2 Å². The Kier molecular flexibility index (Phi) is 6.30. The fourth-order valence-corrected chi connectivity index (χ4v) is 1.01. The van der Waals surface area contributed by atoms with Gasteiger partial charge in [0.2, 0.25) is 0 Å². The molecular formula is C9H12ClF3O4. The predicted octanol–water partition coefficient (Wildman–Crippen LogP) is 2.04. The number of ether oxygens (including phenoxy) is 2. The summed E-state index contributed by atoms with van der Waals surface area (Å²) >= 11 is 5.29. The molecule has 0 saturated carbocycles. The number of carbonyl (C=O) groups excluding carboxylic acids is 2. The van der Waals surface area contributed by atoms with E-state index < -0.39 is 42.6 Å². The molecule has 0 radical (unpaired) electrons. The van der Waals surface area contributed by atoms with Gasteiger partial charge in [-0.1, -0.05) is 0 Å². The summed E-state index contributed by atoms with van der Waals surface area (Å²) in [5.41, 5.74) is 0. The maximum Gasteiger partial charge on any atom is 0.490 e. The van der Waals surface area contributed by atoms with E-state index in [0.717, 1.165) is 0 Å². The lowest BCUT2D eigenvalue weighted by Crippen LogP contribution is -2.32. The highest BCUT2D eigenvalue weighted by molar-refractivity contribution is 6.18. The number of alkyl halides is 4. The van der Waals surface area contributed by atoms with E-state index in [0.29, 0.717) is 0 Å². The van der Waals surface area contributed by atoms with Gasteiger partial charge in [-0.3, -0.25) is 4.79 Å². The van der Waals surface area contributed by atoms with Crippen LogP contribution in [-0.2, 0) is 19.1 Å². The Morgan fingerprint density at radius 1 is 1.24 bits per heavy atom. The lowest BCUT2D eigenvalue weighted by atomic mass is 10.3. The lowest BCUT2D eigenvalue weighted by molar-refractivity contribution is -0.204. The number of esters is 2. The molecule has 0 aliphatic rings. The van der Waals surface area contributed by atoms with Crippen LogP contribution < -0.4 is 0 Å². The van der Waals surface area contributed by atoms with Crippen LogP contribution in [0.25, 0.3) is 0 Å². The van der Waals surface area contributed by atoms with Crippen molar-refractivity contribution in [2.75, 3.05) is 5.88 Å². The molecule has 4 nitrogen and oxygen atoms in total. The Bertz CT molecular complexity index is 278. The first-order valence-electron chi connectivity index (χ1n) is 4.70. The average Bonchev–Trinajstić information content (AvgIpc) is 2.13. The van der Waals surface area contributed by atoms with Crippen molar-refractivity contribution in [1.29, 1.82) is 0 Å². The van der Waals surface area contributed by atoms with Crippen LogP contribution in [-0.4, -0.2) is 36.2 Å². The number of carbonyl (C=O) groups is 2. The maximum atomic E-state index is 11.9. The van der Waals surface area contributed by atoms with Gasteiger partial charge in [-0.2, -0.15) is 13.2 Å². The van der Waals surface area contributed by atoms with Crippen LogP contribution in [0, 0.1) is 0 Å². The van der Waals surface area contributed by atoms with Crippen molar-refractivity contribution in [2.24, 2.45) is 0 Å². The van der Waals surface area contributed by atoms with Crippen molar-refractivity contribution in [1.82, 2.24) is 0 Å². The van der Waals surface area contributed by atoms with Gasteiger partial charge in [0.05, 0.1) is 18.4 Å². The van der Waals surface area contributed by atoms with Gasteiger partial charge in [0.1, 0.15) is 6.10 Å². The molecule has 0 N–H and O–H groups in total. The van der Waals surface area contributed by atoms with Gasteiger partial charge in [-0.05, 0) is 13.8 Å². The Labute approximate surface area is 101 Å². The molecular weight excluding hydrogens is 265 g/mol. The second-order valence-corrected chi connectivity index (χ2v) is 3.73. The van der Waals surface area contributed by atoms with Gasteiger partial charge >= 0.3 is 18.1 Å². The topological polar surface area (TPSA) is 52.6 Å². The highest BCUT2D eigenvalue weighted by atomic mass is 35.5. The molecule has 0 fully saturated rings. The van der Waals surface area contributed by atoms with Crippen LogP contribution >= 0.6 is 11.6 Å². The van der Waals surface area contributed by atoms with E-state index in [-0.39, 0.29) is 0 Å². The van der Waals surface area contributed by atoms with E-state index in [9.17, 15) is 22.8 Å². The third-order valence-corrected chi connectivity index (χ3v) is 1.78. The first-order chi connectivity index (χ1) is 7.66. The first kappa shape index (κ1) is 16.0. The van der Waals surface area contributed by atoms with Crippen molar-refractivity contribution in [3.05, 3.63) is 0 Å². The highest BCUT2D eigenvalue weighted by Crippen LogP contribution is 2.18. The molecule has 0 spiro atoms. The minimum atomic E-state index is -5.10. The zero-order chi connectivity index (χ0) is 13.6. The summed E-state index contributed by atoms with van der Waals surface area (Å²) < 4.78 is 44.3. The van der Waals surface area contributed by atoms with Crippen LogP contribution in [0.3, 0.4) is 0 Å². The molecule has 0 saturated heterocycles. The molecule has 17 heavy (non-hydrogen) atoms. The van der Waals surface area contributed by atoms with Crippen molar-refractivity contribution < 1.29 is 32.2 Å². The van der Waals surface area contributed by atoms with E-state index in [1.807, 2.05) is 0 Å². The standard InChI is InChI=1S/C9H12ClF3O4/c1-5(2)16-7(14)3-6(4-10)17-8(15)9(11,12)13/h5-6H,3-4H2,1-2H3. The summed E-state index contributed by atoms with van der Waals surface area (Å²) in [7, 11) is 0. The summed E-state index contributed by atoms with van der Waals surface area (Å²) in [5, 5.41) is 0. The van der Waals surface area contributed by atoms with Gasteiger partial charge < -0.3 is 9.47 Å². The van der Waals surface area contributed by atoms with E-state index in [1.54, 1.807) is 13.8 Å². The molecule has 0 bridgehead atoms. The van der Waals surface area contributed by atoms with E-state index >= 15 is 0 Å². The van der Waals surface area contributed by atoms with Gasteiger partial charge in [0.15, 0.2) is 0 Å². The Hall–Kier alpha value is -0.980. The fraction of sp³-hybridized carbons (Fsp3) is 0.778. The van der Waals surface area contributed by atoms with Gasteiger partial charge in [-0.25, -0.2) is 4.79 Å². The molecule has 100 valence electrons. The number of hydrogen-bond donors (Lipinski definition) is 0. The van der Waals surface area contributed by atoms with Crippen molar-refractivity contribution >= 4 is 23.5 Å². The highest BCUT2D eigenvalue weighted by Gasteiger charge is 2.42. The summed E-state index contributed by atoms with van der Waals surface area (Å²) in [6.07, 6.45) is -7.37. The summed E-state index contributed by atoms with van der Waals surface area (Å²) in [6, 6.07) is 0. The largest absolute Gasteiger partial charge is 0.490 e. The van der Waals surface area contributed by atoms with Crippen molar-refractivity contribution in [3.63, 3.8) is 0 Å². The Balaban J connectivity index is 4.26. The molecule has 0 heterocycles. The van der Waals surface area contributed by atoms with Crippen LogP contribution in [0.5, 0.6) is 0 Å². The van der Waals surface area contributed by atoms with Gasteiger partial charge in [0, 0.05) is 0 Å². The predicted molar refractivity (Wildman–Crippen MR) is 52.5 cm³/mol. The summed E-state index contributed by atoms with van der Waals surface area (Å²) in [4.78, 5) is 21.6. The van der Waals surface area contributed by atoms with E-state index in [2.05, 4.69) is 9.47 Å². The second kappa shape index (κ2) is 6.68. The Morgan fingerprint density at radius 3 is 2.12 bits per heavy atom. The monoisotopic (exact) mass is 276 g/mol. The van der Waals surface area contributed by atoms with Crippen LogP contribution in [0.2, 0.25) is 0 Å². The molecule has 1 unspecified atom stereocenters. The molecule has 0 aromatic carbocycles. The molecule has 0 amide bonds. The molecule has 1 atom stereocenters. The minimum Gasteiger partial charge on any atom is -0.463 e.